The molecule has 0 aliphatic rings. The molecule has 1 unspecified atom stereocenters. The van der Waals surface area contributed by atoms with Crippen LogP contribution in [0.15, 0.2) is 0 Å². The standard InChI is InChI=1S/C7H15NO4/c1-11-3-2-4-12-7(10)6(9)5-8/h6,9H,2-5,8H2,1H3. The normalized spacial score (nSPS) is 12.6. The lowest BCUT2D eigenvalue weighted by atomic mass is 10.4. The summed E-state index contributed by atoms with van der Waals surface area (Å²) in [7, 11) is 1.57. The Balaban J connectivity index is 3.31. The molecular formula is C7H15NO4. The minimum Gasteiger partial charge on any atom is -0.464 e. The number of hydrogen-bond acceptors (Lipinski definition) is 5. The van der Waals surface area contributed by atoms with Crippen molar-refractivity contribution in [3.05, 3.63) is 0 Å². The van der Waals surface area contributed by atoms with Gasteiger partial charge in [0.2, 0.25) is 0 Å². The molecular weight excluding hydrogens is 162 g/mol. The van der Waals surface area contributed by atoms with Gasteiger partial charge in [0.25, 0.3) is 0 Å². The van der Waals surface area contributed by atoms with Crippen LogP contribution >= 0.6 is 0 Å². The third-order valence-corrected chi connectivity index (χ3v) is 1.23. The second-order valence-electron chi connectivity index (χ2n) is 2.27. The quantitative estimate of drug-likeness (QED) is 0.397. The lowest BCUT2D eigenvalue weighted by Crippen LogP contribution is -2.31. The van der Waals surface area contributed by atoms with Crippen LogP contribution in [0.3, 0.4) is 0 Å². The monoisotopic (exact) mass is 177 g/mol. The molecule has 0 radical (unpaired) electrons. The molecule has 0 fully saturated rings. The van der Waals surface area contributed by atoms with Crippen molar-refractivity contribution in [3.63, 3.8) is 0 Å². The average Bonchev–Trinajstić information content (AvgIpc) is 2.10. The van der Waals surface area contributed by atoms with Crippen LogP contribution in [0.25, 0.3) is 0 Å². The van der Waals surface area contributed by atoms with Crippen LogP contribution in [0.1, 0.15) is 6.42 Å². The minimum absolute atomic E-state index is 0.108. The topological polar surface area (TPSA) is 81.8 Å². The zero-order valence-corrected chi connectivity index (χ0v) is 7.16. The van der Waals surface area contributed by atoms with Crippen LogP contribution in [0.2, 0.25) is 0 Å². The Bertz CT molecular complexity index is 129. The zero-order chi connectivity index (χ0) is 9.40. The van der Waals surface area contributed by atoms with E-state index in [4.69, 9.17) is 15.6 Å². The van der Waals surface area contributed by atoms with Gasteiger partial charge in [0.05, 0.1) is 6.61 Å². The fraction of sp³-hybridized carbons (Fsp3) is 0.857. The van der Waals surface area contributed by atoms with Crippen LogP contribution in [-0.2, 0) is 14.3 Å². The van der Waals surface area contributed by atoms with Crippen LogP contribution in [0, 0.1) is 0 Å². The van der Waals surface area contributed by atoms with Crippen molar-refractivity contribution in [2.24, 2.45) is 5.73 Å². The van der Waals surface area contributed by atoms with Crippen LogP contribution in [-0.4, -0.2) is 44.0 Å². The van der Waals surface area contributed by atoms with Gasteiger partial charge in [-0.1, -0.05) is 0 Å². The molecule has 1 atom stereocenters. The summed E-state index contributed by atoms with van der Waals surface area (Å²) in [6.07, 6.45) is -0.577. The molecule has 0 spiro atoms. The van der Waals surface area contributed by atoms with Gasteiger partial charge in [0.1, 0.15) is 0 Å². The van der Waals surface area contributed by atoms with Crippen molar-refractivity contribution in [1.82, 2.24) is 0 Å². The highest BCUT2D eigenvalue weighted by Gasteiger charge is 2.13. The number of hydrogen-bond donors (Lipinski definition) is 2. The molecule has 72 valence electrons. The smallest absolute Gasteiger partial charge is 0.336 e. The fourth-order valence-electron chi connectivity index (χ4n) is 0.568. The summed E-state index contributed by atoms with van der Waals surface area (Å²) in [6, 6.07) is 0. The van der Waals surface area contributed by atoms with E-state index in [1.807, 2.05) is 0 Å². The highest BCUT2D eigenvalue weighted by molar-refractivity contribution is 5.74. The molecule has 3 N–H and O–H groups in total. The van der Waals surface area contributed by atoms with E-state index >= 15 is 0 Å². The predicted molar refractivity (Wildman–Crippen MR) is 42.5 cm³/mol. The summed E-state index contributed by atoms with van der Waals surface area (Å²) in [5.41, 5.74) is 5.03. The molecule has 12 heavy (non-hydrogen) atoms. The van der Waals surface area contributed by atoms with E-state index in [1.54, 1.807) is 7.11 Å². The number of rotatable bonds is 6. The highest BCUT2D eigenvalue weighted by Crippen LogP contribution is 1.89. The molecule has 0 rings (SSSR count). The molecule has 0 saturated carbocycles. The van der Waals surface area contributed by atoms with Crippen molar-refractivity contribution in [2.75, 3.05) is 26.9 Å². The summed E-state index contributed by atoms with van der Waals surface area (Å²) in [5, 5.41) is 8.85. The van der Waals surface area contributed by atoms with Gasteiger partial charge >= 0.3 is 5.97 Å². The van der Waals surface area contributed by atoms with Gasteiger partial charge in [-0.3, -0.25) is 0 Å². The van der Waals surface area contributed by atoms with E-state index < -0.39 is 12.1 Å². The Labute approximate surface area is 71.5 Å². The number of nitrogens with two attached hydrogens (primary N) is 1. The van der Waals surface area contributed by atoms with E-state index in [0.717, 1.165) is 0 Å². The third-order valence-electron chi connectivity index (χ3n) is 1.23. The van der Waals surface area contributed by atoms with E-state index in [9.17, 15) is 4.79 Å². The SMILES string of the molecule is COCCCOC(=O)C(O)CN. The number of aliphatic hydroxyl groups is 1. The Hall–Kier alpha value is -0.650. The number of carbonyl (C=O) groups excluding carboxylic acids is 1. The second-order valence-corrected chi connectivity index (χ2v) is 2.27. The molecule has 0 aliphatic carbocycles. The molecule has 5 nitrogen and oxygen atoms in total. The van der Waals surface area contributed by atoms with E-state index in [-0.39, 0.29) is 13.2 Å². The van der Waals surface area contributed by atoms with E-state index in [0.29, 0.717) is 13.0 Å². The van der Waals surface area contributed by atoms with Crippen molar-refractivity contribution in [3.8, 4) is 0 Å². The minimum atomic E-state index is -1.20. The number of methoxy groups -OCH3 is 1. The van der Waals surface area contributed by atoms with Crippen LogP contribution in [0.4, 0.5) is 0 Å². The molecule has 0 aromatic heterocycles. The third kappa shape index (κ3) is 5.06. The van der Waals surface area contributed by atoms with Gasteiger partial charge < -0.3 is 20.3 Å². The second kappa shape index (κ2) is 7.02. The fourth-order valence-corrected chi connectivity index (χ4v) is 0.568. The number of carbonyl (C=O) groups is 1. The molecule has 0 saturated heterocycles. The van der Waals surface area contributed by atoms with Crippen molar-refractivity contribution >= 4 is 5.97 Å². The van der Waals surface area contributed by atoms with Gasteiger partial charge in [-0.25, -0.2) is 4.79 Å². The Morgan fingerprint density at radius 3 is 2.75 bits per heavy atom. The number of ether oxygens (including phenoxy) is 2. The van der Waals surface area contributed by atoms with Crippen LogP contribution in [0.5, 0.6) is 0 Å². The molecule has 0 heterocycles. The van der Waals surface area contributed by atoms with Crippen molar-refractivity contribution in [2.45, 2.75) is 12.5 Å². The molecule has 0 aliphatic heterocycles. The predicted octanol–water partition coefficient (Wildman–Crippen LogP) is -1.11. The summed E-state index contributed by atoms with van der Waals surface area (Å²) in [4.78, 5) is 10.7. The van der Waals surface area contributed by atoms with E-state index in [1.165, 1.54) is 0 Å². The van der Waals surface area contributed by atoms with Gasteiger partial charge in [-0.2, -0.15) is 0 Å². The summed E-state index contributed by atoms with van der Waals surface area (Å²) in [6.45, 7) is 0.679. The molecule has 0 amide bonds. The van der Waals surface area contributed by atoms with Gasteiger partial charge in [-0.15, -0.1) is 0 Å². The summed E-state index contributed by atoms with van der Waals surface area (Å²) >= 11 is 0. The van der Waals surface area contributed by atoms with Crippen LogP contribution < -0.4 is 5.73 Å². The summed E-state index contributed by atoms with van der Waals surface area (Å²) in [5.74, 6) is -0.673. The van der Waals surface area contributed by atoms with Gasteiger partial charge in [-0.05, 0) is 0 Å². The molecule has 0 aromatic carbocycles. The highest BCUT2D eigenvalue weighted by atomic mass is 16.5. The number of esters is 1. The maximum atomic E-state index is 10.7. The summed E-state index contributed by atoms with van der Waals surface area (Å²) < 4.78 is 9.38. The Morgan fingerprint density at radius 2 is 2.25 bits per heavy atom. The maximum absolute atomic E-state index is 10.7. The van der Waals surface area contributed by atoms with Gasteiger partial charge in [0.15, 0.2) is 6.10 Å². The first kappa shape index (κ1) is 11.4. The van der Waals surface area contributed by atoms with Crippen molar-refractivity contribution < 1.29 is 19.4 Å². The Morgan fingerprint density at radius 1 is 1.58 bits per heavy atom. The molecule has 0 bridgehead atoms. The first-order valence-corrected chi connectivity index (χ1v) is 3.76. The van der Waals surface area contributed by atoms with Crippen molar-refractivity contribution in [1.29, 1.82) is 0 Å². The molecule has 5 heteroatoms. The zero-order valence-electron chi connectivity index (χ0n) is 7.16. The lowest BCUT2D eigenvalue weighted by Gasteiger charge is -2.07. The first-order valence-electron chi connectivity index (χ1n) is 3.76. The number of aliphatic hydroxyl groups excluding tert-OH is 1. The lowest BCUT2D eigenvalue weighted by molar-refractivity contribution is -0.153. The Kier molecular flexibility index (Phi) is 6.64. The van der Waals surface area contributed by atoms with Gasteiger partial charge in [0, 0.05) is 26.7 Å². The van der Waals surface area contributed by atoms with E-state index in [2.05, 4.69) is 4.74 Å². The average molecular weight is 177 g/mol. The molecule has 0 aromatic rings. The maximum Gasteiger partial charge on any atom is 0.336 e. The first-order chi connectivity index (χ1) is 5.72. The largest absolute Gasteiger partial charge is 0.464 e.